The van der Waals surface area contributed by atoms with Gasteiger partial charge in [0.05, 0.1) is 5.56 Å². The Labute approximate surface area is 205 Å². The summed E-state index contributed by atoms with van der Waals surface area (Å²) in [6, 6.07) is 5.10. The number of carbonyl (C=O) groups is 2. The molecular formula is C28H35F3N2O2. The Morgan fingerprint density at radius 1 is 1.11 bits per heavy atom. The van der Waals surface area contributed by atoms with E-state index >= 15 is 0 Å². The number of anilines is 1. The zero-order chi connectivity index (χ0) is 25.2. The van der Waals surface area contributed by atoms with Crippen molar-refractivity contribution in [3.05, 3.63) is 42.0 Å². The van der Waals surface area contributed by atoms with E-state index in [9.17, 15) is 22.8 Å². The second kappa shape index (κ2) is 8.38. The summed E-state index contributed by atoms with van der Waals surface area (Å²) in [5.74, 6) is 1.78. The van der Waals surface area contributed by atoms with E-state index in [0.717, 1.165) is 50.7 Å². The van der Waals surface area contributed by atoms with Crippen LogP contribution in [0.25, 0.3) is 0 Å². The van der Waals surface area contributed by atoms with Crippen LogP contribution in [0.15, 0.2) is 36.4 Å². The molecule has 0 aromatic heterocycles. The number of carbonyl (C=O) groups excluding carboxylic acids is 2. The van der Waals surface area contributed by atoms with Gasteiger partial charge in [-0.15, -0.1) is 0 Å². The molecule has 1 aliphatic heterocycles. The van der Waals surface area contributed by atoms with E-state index in [1.54, 1.807) is 6.08 Å². The monoisotopic (exact) mass is 488 g/mol. The third kappa shape index (κ3) is 3.99. The maximum Gasteiger partial charge on any atom is 0.416 e. The van der Waals surface area contributed by atoms with Gasteiger partial charge >= 0.3 is 6.18 Å². The molecular weight excluding hydrogens is 453 g/mol. The number of rotatable bonds is 3. The van der Waals surface area contributed by atoms with Gasteiger partial charge in [-0.05, 0) is 91.9 Å². The number of halogens is 3. The molecule has 1 heterocycles. The van der Waals surface area contributed by atoms with Crippen LogP contribution in [0, 0.1) is 34.5 Å². The Balaban J connectivity index is 1.29. The van der Waals surface area contributed by atoms with E-state index in [0.29, 0.717) is 24.2 Å². The molecule has 1 N–H and O–H groups in total. The summed E-state index contributed by atoms with van der Waals surface area (Å²) in [6.45, 7) is 4.66. The second-order valence-corrected chi connectivity index (χ2v) is 11.8. The summed E-state index contributed by atoms with van der Waals surface area (Å²) < 4.78 is 39.1. The van der Waals surface area contributed by atoms with Gasteiger partial charge in [0.25, 0.3) is 0 Å². The maximum absolute atomic E-state index is 13.0. The van der Waals surface area contributed by atoms with Crippen molar-refractivity contribution in [1.29, 1.82) is 0 Å². The van der Waals surface area contributed by atoms with Crippen molar-refractivity contribution < 1.29 is 22.8 Å². The highest BCUT2D eigenvalue weighted by molar-refractivity contribution is 5.91. The van der Waals surface area contributed by atoms with Crippen LogP contribution >= 0.6 is 0 Å². The summed E-state index contributed by atoms with van der Waals surface area (Å²) in [4.78, 5) is 27.1. The fraction of sp³-hybridized carbons (Fsp3) is 0.643. The molecule has 3 aliphatic carbocycles. The first-order valence-corrected chi connectivity index (χ1v) is 12.9. The van der Waals surface area contributed by atoms with Gasteiger partial charge in [-0.2, -0.15) is 13.2 Å². The molecule has 0 unspecified atom stereocenters. The molecule has 1 aromatic rings. The largest absolute Gasteiger partial charge is 0.416 e. The predicted molar refractivity (Wildman–Crippen MR) is 128 cm³/mol. The minimum absolute atomic E-state index is 0.00807. The van der Waals surface area contributed by atoms with Crippen LogP contribution in [0.1, 0.15) is 64.4 Å². The summed E-state index contributed by atoms with van der Waals surface area (Å²) in [5.41, 5.74) is -0.501. The lowest BCUT2D eigenvalue weighted by Crippen LogP contribution is -2.59. The first-order chi connectivity index (χ1) is 16.4. The fourth-order valence-electron chi connectivity index (χ4n) is 8.39. The van der Waals surface area contributed by atoms with Crippen LogP contribution in [0.5, 0.6) is 0 Å². The average molecular weight is 489 g/mol. The number of alkyl halides is 3. The van der Waals surface area contributed by atoms with Gasteiger partial charge in [0, 0.05) is 30.6 Å². The van der Waals surface area contributed by atoms with Crippen molar-refractivity contribution in [2.75, 3.05) is 12.4 Å². The summed E-state index contributed by atoms with van der Waals surface area (Å²) in [5, 5.41) is 2.72. The van der Waals surface area contributed by atoms with Crippen molar-refractivity contribution >= 4 is 17.5 Å². The Kier molecular flexibility index (Phi) is 5.84. The number of likely N-dealkylation sites (N-methyl/N-ethyl adjacent to an activating group) is 1. The average Bonchev–Trinajstić information content (AvgIpc) is 3.12. The summed E-state index contributed by atoms with van der Waals surface area (Å²) >= 11 is 0. The Morgan fingerprint density at radius 2 is 1.89 bits per heavy atom. The number of fused-ring (bicyclic) bond motifs is 5. The topological polar surface area (TPSA) is 49.4 Å². The number of benzene rings is 1. The predicted octanol–water partition coefficient (Wildman–Crippen LogP) is 6.29. The normalized spacial score (nSPS) is 38.5. The highest BCUT2D eigenvalue weighted by Gasteiger charge is 2.60. The van der Waals surface area contributed by atoms with Crippen LogP contribution in [-0.2, 0) is 15.8 Å². The van der Waals surface area contributed by atoms with E-state index in [-0.39, 0.29) is 40.3 Å². The van der Waals surface area contributed by atoms with Crippen molar-refractivity contribution in [1.82, 2.24) is 4.90 Å². The summed E-state index contributed by atoms with van der Waals surface area (Å²) in [6.07, 6.45) is 6.17. The minimum Gasteiger partial charge on any atom is -0.338 e. The molecule has 3 saturated carbocycles. The number of nitrogens with zero attached hydrogens (tertiary/aromatic N) is 1. The van der Waals surface area contributed by atoms with Crippen molar-refractivity contribution in [3.63, 3.8) is 0 Å². The number of hydrogen-bond donors (Lipinski definition) is 1. The quantitative estimate of drug-likeness (QED) is 0.544. The zero-order valence-electron chi connectivity index (χ0n) is 20.7. The van der Waals surface area contributed by atoms with Gasteiger partial charge in [0.1, 0.15) is 0 Å². The first-order valence-electron chi connectivity index (χ1n) is 12.9. The maximum atomic E-state index is 13.0. The molecule has 0 spiro atoms. The van der Waals surface area contributed by atoms with Crippen molar-refractivity contribution in [2.45, 2.75) is 71.0 Å². The fourth-order valence-corrected chi connectivity index (χ4v) is 8.39. The smallest absolute Gasteiger partial charge is 0.338 e. The van der Waals surface area contributed by atoms with E-state index in [1.165, 1.54) is 12.1 Å². The molecule has 7 atom stereocenters. The van der Waals surface area contributed by atoms with Crippen LogP contribution in [0.3, 0.4) is 0 Å². The van der Waals surface area contributed by atoms with Gasteiger partial charge in [0.2, 0.25) is 11.8 Å². The second-order valence-electron chi connectivity index (χ2n) is 11.8. The lowest BCUT2D eigenvalue weighted by molar-refractivity contribution is -0.139. The van der Waals surface area contributed by atoms with Gasteiger partial charge in [-0.1, -0.05) is 26.0 Å². The first kappa shape index (κ1) is 24.4. The van der Waals surface area contributed by atoms with Crippen molar-refractivity contribution in [2.24, 2.45) is 34.5 Å². The lowest BCUT2D eigenvalue weighted by atomic mass is 9.47. The van der Waals surface area contributed by atoms with Crippen LogP contribution in [0.2, 0.25) is 0 Å². The van der Waals surface area contributed by atoms with Crippen LogP contribution in [-0.4, -0.2) is 29.8 Å². The SMILES string of the molecule is CN1C(=O)C=C[C@]2(C)[C@H]3CC[C@]4(C)[C@@H](CC(=O)Nc5cccc(C(F)(F)F)c5)CC[C@H]4[C@@H]3CC[C@@H]12. The highest BCUT2D eigenvalue weighted by Crippen LogP contribution is 2.66. The molecule has 0 radical (unpaired) electrons. The number of nitrogens with one attached hydrogen (secondary N) is 1. The standard InChI is InChI=1S/C28H35F3N2O2/c1-26-13-11-22-20(8-10-23-27(22,2)14-12-25(35)33(23)3)21(26)9-7-17(26)16-24(34)32-19-6-4-5-18(15-19)28(29,30)31/h4-6,12,14-15,17,20-23H,7-11,13,16H2,1-3H3,(H,32,34)/t17-,20+,21+,22+,23-,26-,27-/m1/s1. The molecule has 7 heteroatoms. The molecule has 0 bridgehead atoms. The third-order valence-corrected chi connectivity index (χ3v) is 10.2. The molecule has 4 aliphatic rings. The molecule has 35 heavy (non-hydrogen) atoms. The Bertz CT molecular complexity index is 1050. The van der Waals surface area contributed by atoms with E-state index in [4.69, 9.17) is 0 Å². The van der Waals surface area contributed by atoms with E-state index in [2.05, 4.69) is 25.2 Å². The number of amides is 2. The van der Waals surface area contributed by atoms with E-state index < -0.39 is 11.7 Å². The summed E-state index contributed by atoms with van der Waals surface area (Å²) in [7, 11) is 1.93. The van der Waals surface area contributed by atoms with E-state index in [1.807, 2.05) is 11.9 Å². The Hall–Kier alpha value is -2.31. The third-order valence-electron chi connectivity index (χ3n) is 10.2. The van der Waals surface area contributed by atoms with Gasteiger partial charge in [-0.25, -0.2) is 0 Å². The zero-order valence-corrected chi connectivity index (χ0v) is 20.7. The molecule has 4 nitrogen and oxygen atoms in total. The molecule has 2 amide bonds. The van der Waals surface area contributed by atoms with Crippen LogP contribution < -0.4 is 5.32 Å². The highest BCUT2D eigenvalue weighted by atomic mass is 19.4. The van der Waals surface area contributed by atoms with Crippen molar-refractivity contribution in [3.8, 4) is 0 Å². The van der Waals surface area contributed by atoms with Crippen LogP contribution in [0.4, 0.5) is 18.9 Å². The molecule has 1 aromatic carbocycles. The Morgan fingerprint density at radius 3 is 2.63 bits per heavy atom. The van der Waals surface area contributed by atoms with Gasteiger partial charge in [0.15, 0.2) is 0 Å². The van der Waals surface area contributed by atoms with Gasteiger partial charge in [-0.3, -0.25) is 9.59 Å². The molecule has 0 saturated heterocycles. The molecule has 5 rings (SSSR count). The minimum atomic E-state index is -4.43. The molecule has 190 valence electrons. The number of hydrogen-bond acceptors (Lipinski definition) is 2. The van der Waals surface area contributed by atoms with Gasteiger partial charge < -0.3 is 10.2 Å². The lowest BCUT2D eigenvalue weighted by Gasteiger charge is -2.60. The molecule has 3 fully saturated rings.